The van der Waals surface area contributed by atoms with Crippen molar-refractivity contribution in [3.05, 3.63) is 77.1 Å². The van der Waals surface area contributed by atoms with E-state index in [0.29, 0.717) is 22.4 Å². The number of rotatable bonds is 3. The van der Waals surface area contributed by atoms with Crippen LogP contribution in [0.15, 0.2) is 60.8 Å². The maximum Gasteiger partial charge on any atom is 0.258 e. The molecule has 4 aromatic rings. The highest BCUT2D eigenvalue weighted by Crippen LogP contribution is 2.31. The van der Waals surface area contributed by atoms with Crippen molar-refractivity contribution in [1.29, 1.82) is 0 Å². The number of halogens is 1. The highest BCUT2D eigenvalue weighted by molar-refractivity contribution is 6.39. The molecule has 27 heavy (non-hydrogen) atoms. The Bertz CT molecular complexity index is 1160. The monoisotopic (exact) mass is 378 g/mol. The molecular formula is C20H15ClN4O2. The third-order valence-corrected chi connectivity index (χ3v) is 4.60. The standard InChI is InChI=1S/C20H15ClN4O2/c1-12-17-18(21)14(20(27)23-15-9-5-6-10-16(15)26)11-22-19(17)25(24-12)13-7-3-2-4-8-13/h2-11,26H,1H3,(H,23,27). The number of hydrogen-bond acceptors (Lipinski definition) is 4. The summed E-state index contributed by atoms with van der Waals surface area (Å²) in [5, 5.41) is 17.9. The van der Waals surface area contributed by atoms with Gasteiger partial charge in [-0.3, -0.25) is 4.79 Å². The average molecular weight is 379 g/mol. The van der Waals surface area contributed by atoms with E-state index in [0.717, 1.165) is 5.69 Å². The molecule has 6 nitrogen and oxygen atoms in total. The van der Waals surface area contributed by atoms with E-state index in [2.05, 4.69) is 15.4 Å². The van der Waals surface area contributed by atoms with Crippen LogP contribution in [0.2, 0.25) is 5.02 Å². The second-order valence-electron chi connectivity index (χ2n) is 5.99. The van der Waals surface area contributed by atoms with Crippen molar-refractivity contribution in [2.24, 2.45) is 0 Å². The van der Waals surface area contributed by atoms with Crippen molar-refractivity contribution < 1.29 is 9.90 Å². The molecule has 0 radical (unpaired) electrons. The molecule has 0 spiro atoms. The first-order valence-electron chi connectivity index (χ1n) is 8.25. The Morgan fingerprint density at radius 3 is 2.56 bits per heavy atom. The number of para-hydroxylation sites is 3. The molecule has 0 aliphatic carbocycles. The van der Waals surface area contributed by atoms with Crippen molar-refractivity contribution in [2.75, 3.05) is 5.32 Å². The minimum atomic E-state index is -0.456. The summed E-state index contributed by atoms with van der Waals surface area (Å²) in [5.74, 6) is -0.480. The van der Waals surface area contributed by atoms with Gasteiger partial charge in [-0.1, -0.05) is 41.9 Å². The predicted molar refractivity (Wildman–Crippen MR) is 105 cm³/mol. The van der Waals surface area contributed by atoms with Crippen LogP contribution in [0.4, 0.5) is 5.69 Å². The second-order valence-corrected chi connectivity index (χ2v) is 6.37. The Hall–Kier alpha value is -3.38. The number of phenolic OH excluding ortho intramolecular Hbond substituents is 1. The highest BCUT2D eigenvalue weighted by atomic mass is 35.5. The molecule has 2 N–H and O–H groups in total. The zero-order valence-electron chi connectivity index (χ0n) is 14.3. The summed E-state index contributed by atoms with van der Waals surface area (Å²) in [6.45, 7) is 1.82. The normalized spacial score (nSPS) is 10.9. The van der Waals surface area contributed by atoms with E-state index in [-0.39, 0.29) is 16.3 Å². The van der Waals surface area contributed by atoms with Crippen LogP contribution in [0, 0.1) is 6.92 Å². The van der Waals surface area contributed by atoms with E-state index in [4.69, 9.17) is 11.6 Å². The van der Waals surface area contributed by atoms with Crippen molar-refractivity contribution >= 4 is 34.2 Å². The number of nitrogens with one attached hydrogen (secondary N) is 1. The van der Waals surface area contributed by atoms with Gasteiger partial charge in [0, 0.05) is 6.20 Å². The van der Waals surface area contributed by atoms with Gasteiger partial charge in [0.2, 0.25) is 0 Å². The first-order valence-corrected chi connectivity index (χ1v) is 8.62. The summed E-state index contributed by atoms with van der Waals surface area (Å²) in [4.78, 5) is 17.1. The molecule has 2 aromatic carbocycles. The molecule has 0 saturated carbocycles. The largest absolute Gasteiger partial charge is 0.506 e. The molecule has 0 aliphatic rings. The number of hydrogen-bond donors (Lipinski definition) is 2. The van der Waals surface area contributed by atoms with Crippen LogP contribution < -0.4 is 5.32 Å². The molecule has 0 saturated heterocycles. The second kappa shape index (κ2) is 6.74. The smallest absolute Gasteiger partial charge is 0.258 e. The Morgan fingerprint density at radius 2 is 1.81 bits per heavy atom. The number of amides is 1. The van der Waals surface area contributed by atoms with Gasteiger partial charge >= 0.3 is 0 Å². The Kier molecular flexibility index (Phi) is 4.25. The Labute approximate surface area is 160 Å². The van der Waals surface area contributed by atoms with Gasteiger partial charge in [0.15, 0.2) is 5.65 Å². The van der Waals surface area contributed by atoms with E-state index in [1.54, 1.807) is 22.9 Å². The van der Waals surface area contributed by atoms with Crippen LogP contribution in [0.5, 0.6) is 5.75 Å². The van der Waals surface area contributed by atoms with E-state index < -0.39 is 5.91 Å². The summed E-state index contributed by atoms with van der Waals surface area (Å²) < 4.78 is 1.70. The molecular weight excluding hydrogens is 364 g/mol. The van der Waals surface area contributed by atoms with Crippen molar-refractivity contribution in [3.8, 4) is 11.4 Å². The number of pyridine rings is 1. The van der Waals surface area contributed by atoms with Crippen LogP contribution in [0.3, 0.4) is 0 Å². The van der Waals surface area contributed by atoms with E-state index in [1.165, 1.54) is 12.3 Å². The number of aromatic hydroxyl groups is 1. The fourth-order valence-corrected chi connectivity index (χ4v) is 3.24. The summed E-state index contributed by atoms with van der Waals surface area (Å²) in [7, 11) is 0. The van der Waals surface area contributed by atoms with Gasteiger partial charge in [0.05, 0.1) is 33.0 Å². The van der Waals surface area contributed by atoms with Crippen LogP contribution in [0.1, 0.15) is 16.1 Å². The molecule has 2 heterocycles. The topological polar surface area (TPSA) is 80.0 Å². The van der Waals surface area contributed by atoms with Gasteiger partial charge in [0.25, 0.3) is 5.91 Å². The number of aryl methyl sites for hydroxylation is 1. The summed E-state index contributed by atoms with van der Waals surface area (Å²) in [6.07, 6.45) is 1.42. The number of aromatic nitrogens is 3. The first kappa shape index (κ1) is 17.1. The lowest BCUT2D eigenvalue weighted by atomic mass is 10.2. The third-order valence-electron chi connectivity index (χ3n) is 4.21. The number of fused-ring (bicyclic) bond motifs is 1. The minimum absolute atomic E-state index is 0.0240. The fourth-order valence-electron chi connectivity index (χ4n) is 2.88. The molecule has 0 aliphatic heterocycles. The number of phenols is 1. The van der Waals surface area contributed by atoms with Crippen molar-refractivity contribution in [3.63, 3.8) is 0 Å². The lowest BCUT2D eigenvalue weighted by Gasteiger charge is -2.09. The van der Waals surface area contributed by atoms with E-state index >= 15 is 0 Å². The lowest BCUT2D eigenvalue weighted by Crippen LogP contribution is -2.13. The number of carbonyl (C=O) groups is 1. The van der Waals surface area contributed by atoms with Crippen LogP contribution in [-0.4, -0.2) is 25.8 Å². The zero-order valence-corrected chi connectivity index (χ0v) is 15.1. The molecule has 0 bridgehead atoms. The maximum absolute atomic E-state index is 12.6. The lowest BCUT2D eigenvalue weighted by molar-refractivity contribution is 0.102. The van der Waals surface area contributed by atoms with Crippen LogP contribution >= 0.6 is 11.6 Å². The van der Waals surface area contributed by atoms with E-state index in [1.807, 2.05) is 37.3 Å². The maximum atomic E-state index is 12.6. The SMILES string of the molecule is Cc1nn(-c2ccccc2)c2ncc(C(=O)Nc3ccccc3O)c(Cl)c12. The average Bonchev–Trinajstić information content (AvgIpc) is 3.02. The van der Waals surface area contributed by atoms with Crippen LogP contribution in [0.25, 0.3) is 16.7 Å². The Balaban J connectivity index is 1.78. The summed E-state index contributed by atoms with van der Waals surface area (Å²) in [5.41, 5.74) is 2.61. The molecule has 4 rings (SSSR count). The number of benzene rings is 2. The number of carbonyl (C=O) groups excluding carboxylic acids is 1. The Morgan fingerprint density at radius 1 is 1.11 bits per heavy atom. The fraction of sp³-hybridized carbons (Fsp3) is 0.0500. The molecule has 0 atom stereocenters. The summed E-state index contributed by atoms with van der Waals surface area (Å²) in [6, 6.07) is 16.1. The van der Waals surface area contributed by atoms with Gasteiger partial charge in [-0.2, -0.15) is 5.10 Å². The highest BCUT2D eigenvalue weighted by Gasteiger charge is 2.20. The number of nitrogens with zero attached hydrogens (tertiary/aromatic N) is 3. The zero-order chi connectivity index (χ0) is 19.0. The minimum Gasteiger partial charge on any atom is -0.506 e. The predicted octanol–water partition coefficient (Wildman–Crippen LogP) is 4.34. The molecule has 0 unspecified atom stereocenters. The van der Waals surface area contributed by atoms with E-state index in [9.17, 15) is 9.90 Å². The molecule has 1 amide bonds. The molecule has 2 aromatic heterocycles. The van der Waals surface area contributed by atoms with Gasteiger partial charge in [0.1, 0.15) is 5.75 Å². The molecule has 7 heteroatoms. The first-order chi connectivity index (χ1) is 13.1. The van der Waals surface area contributed by atoms with Gasteiger partial charge < -0.3 is 10.4 Å². The molecule has 0 fully saturated rings. The van der Waals surface area contributed by atoms with Gasteiger partial charge in [-0.05, 0) is 31.2 Å². The quantitative estimate of drug-likeness (QED) is 0.520. The number of anilines is 1. The molecule has 134 valence electrons. The van der Waals surface area contributed by atoms with Gasteiger partial charge in [-0.25, -0.2) is 9.67 Å². The van der Waals surface area contributed by atoms with Crippen LogP contribution in [-0.2, 0) is 0 Å². The van der Waals surface area contributed by atoms with Gasteiger partial charge in [-0.15, -0.1) is 0 Å². The third kappa shape index (κ3) is 3.00. The van der Waals surface area contributed by atoms with Crippen molar-refractivity contribution in [2.45, 2.75) is 6.92 Å². The summed E-state index contributed by atoms with van der Waals surface area (Å²) >= 11 is 6.53. The van der Waals surface area contributed by atoms with Crippen molar-refractivity contribution in [1.82, 2.24) is 14.8 Å².